The molecule has 0 radical (unpaired) electrons. The zero-order valence-corrected chi connectivity index (χ0v) is 14.8. The summed E-state index contributed by atoms with van der Waals surface area (Å²) in [5.41, 5.74) is 4.16. The van der Waals surface area contributed by atoms with Gasteiger partial charge in [-0.05, 0) is 43.2 Å². The van der Waals surface area contributed by atoms with E-state index in [1.165, 1.54) is 4.70 Å². The van der Waals surface area contributed by atoms with Crippen LogP contribution in [-0.4, -0.2) is 16.6 Å². The number of nitrogens with zero attached hydrogens (tertiary/aromatic N) is 1. The lowest BCUT2D eigenvalue weighted by molar-refractivity contribution is -0.115. The Hall–Kier alpha value is -1.85. The molecule has 0 atom stereocenters. The Morgan fingerprint density at radius 1 is 1.22 bits per heavy atom. The van der Waals surface area contributed by atoms with Crippen LogP contribution in [0.1, 0.15) is 17.5 Å². The molecule has 0 unspecified atom stereocenters. The van der Waals surface area contributed by atoms with E-state index in [9.17, 15) is 4.79 Å². The number of fused-ring (bicyclic) bond motifs is 1. The lowest BCUT2D eigenvalue weighted by Gasteiger charge is -2.09. The molecule has 0 bridgehead atoms. The second-order valence-electron chi connectivity index (χ2n) is 5.41. The van der Waals surface area contributed by atoms with Gasteiger partial charge in [-0.15, -0.1) is 11.3 Å². The molecule has 3 aromatic rings. The summed E-state index contributed by atoms with van der Waals surface area (Å²) < 4.78 is 2.21. The largest absolute Gasteiger partial charge is 0.326 e. The molecular weight excluding hydrogens is 324 g/mol. The van der Waals surface area contributed by atoms with E-state index in [4.69, 9.17) is 0 Å². The molecule has 0 fully saturated rings. The van der Waals surface area contributed by atoms with Crippen molar-refractivity contribution in [3.63, 3.8) is 0 Å². The maximum atomic E-state index is 12.1. The zero-order valence-electron chi connectivity index (χ0n) is 13.1. The topological polar surface area (TPSA) is 42.0 Å². The molecule has 1 amide bonds. The Morgan fingerprint density at radius 3 is 2.87 bits per heavy atom. The van der Waals surface area contributed by atoms with Gasteiger partial charge in [-0.2, -0.15) is 0 Å². The number of aromatic nitrogens is 1. The normalized spacial score (nSPS) is 10.9. The van der Waals surface area contributed by atoms with Crippen molar-refractivity contribution in [2.75, 3.05) is 11.1 Å². The van der Waals surface area contributed by atoms with Crippen molar-refractivity contribution in [3.05, 3.63) is 53.6 Å². The monoisotopic (exact) mass is 342 g/mol. The van der Waals surface area contributed by atoms with E-state index >= 15 is 0 Å². The SMILES string of the molecule is Cc1ccc(C)c(NC(=O)CCSc2nc3ccccc3s2)c1. The van der Waals surface area contributed by atoms with E-state index < -0.39 is 0 Å². The number of nitrogens with one attached hydrogen (secondary N) is 1. The van der Waals surface area contributed by atoms with Gasteiger partial charge in [-0.3, -0.25) is 4.79 Å². The second-order valence-corrected chi connectivity index (χ2v) is 7.79. The standard InChI is InChI=1S/C18H18N2OS2/c1-12-7-8-13(2)15(11-12)19-17(21)9-10-22-18-20-14-5-3-4-6-16(14)23-18/h3-8,11H,9-10H2,1-2H3,(H,19,21). The van der Waals surface area contributed by atoms with Gasteiger partial charge in [-0.1, -0.05) is 36.0 Å². The fourth-order valence-electron chi connectivity index (χ4n) is 2.23. The van der Waals surface area contributed by atoms with Gasteiger partial charge in [0.2, 0.25) is 5.91 Å². The number of carbonyl (C=O) groups excluding carboxylic acids is 1. The number of hydrogen-bond acceptors (Lipinski definition) is 4. The lowest BCUT2D eigenvalue weighted by Crippen LogP contribution is -2.13. The maximum Gasteiger partial charge on any atom is 0.225 e. The number of thioether (sulfide) groups is 1. The molecule has 0 spiro atoms. The first kappa shape index (κ1) is 16.0. The van der Waals surface area contributed by atoms with Crippen LogP contribution in [-0.2, 0) is 4.79 Å². The van der Waals surface area contributed by atoms with Crippen LogP contribution in [0.4, 0.5) is 5.69 Å². The average molecular weight is 342 g/mol. The molecule has 0 aliphatic carbocycles. The van der Waals surface area contributed by atoms with E-state index in [0.29, 0.717) is 6.42 Å². The first-order chi connectivity index (χ1) is 11.1. The highest BCUT2D eigenvalue weighted by Gasteiger charge is 2.08. The number of para-hydroxylation sites is 1. The quantitative estimate of drug-likeness (QED) is 0.661. The van der Waals surface area contributed by atoms with Crippen LogP contribution >= 0.6 is 23.1 Å². The molecule has 3 rings (SSSR count). The van der Waals surface area contributed by atoms with Crippen LogP contribution in [0.15, 0.2) is 46.8 Å². The third-order valence-electron chi connectivity index (χ3n) is 3.50. The van der Waals surface area contributed by atoms with Gasteiger partial charge in [0, 0.05) is 17.9 Å². The summed E-state index contributed by atoms with van der Waals surface area (Å²) in [5, 5.41) is 2.99. The fraction of sp³-hybridized carbons (Fsp3) is 0.222. The summed E-state index contributed by atoms with van der Waals surface area (Å²) in [4.78, 5) is 16.7. The van der Waals surface area contributed by atoms with Gasteiger partial charge in [0.05, 0.1) is 10.2 Å². The summed E-state index contributed by atoms with van der Waals surface area (Å²) in [6.45, 7) is 4.03. The average Bonchev–Trinajstić information content (AvgIpc) is 2.93. The smallest absolute Gasteiger partial charge is 0.225 e. The Balaban J connectivity index is 1.53. The minimum Gasteiger partial charge on any atom is -0.326 e. The van der Waals surface area contributed by atoms with Crippen molar-refractivity contribution < 1.29 is 4.79 Å². The maximum absolute atomic E-state index is 12.1. The highest BCUT2D eigenvalue weighted by atomic mass is 32.2. The van der Waals surface area contributed by atoms with Crippen LogP contribution in [0.5, 0.6) is 0 Å². The fourth-order valence-corrected chi connectivity index (χ4v) is 4.30. The van der Waals surface area contributed by atoms with Crippen molar-refractivity contribution in [3.8, 4) is 0 Å². The van der Waals surface area contributed by atoms with E-state index in [2.05, 4.69) is 16.4 Å². The third kappa shape index (κ3) is 4.12. The Bertz CT molecular complexity index is 809. The Labute approximate surface area is 144 Å². The van der Waals surface area contributed by atoms with E-state index in [0.717, 1.165) is 32.4 Å². The number of anilines is 1. The molecule has 2 aromatic carbocycles. The van der Waals surface area contributed by atoms with E-state index in [1.54, 1.807) is 23.1 Å². The predicted octanol–water partition coefficient (Wildman–Crippen LogP) is 5.03. The number of benzene rings is 2. The molecule has 0 aliphatic heterocycles. The third-order valence-corrected chi connectivity index (χ3v) is 5.68. The molecule has 5 heteroatoms. The number of rotatable bonds is 5. The minimum atomic E-state index is 0.0484. The van der Waals surface area contributed by atoms with Gasteiger partial charge < -0.3 is 5.32 Å². The van der Waals surface area contributed by atoms with Crippen LogP contribution in [0.2, 0.25) is 0 Å². The summed E-state index contributed by atoms with van der Waals surface area (Å²) in [7, 11) is 0. The number of carbonyl (C=O) groups is 1. The van der Waals surface area contributed by atoms with Gasteiger partial charge in [-0.25, -0.2) is 4.98 Å². The number of amides is 1. The molecule has 1 N–H and O–H groups in total. The lowest BCUT2D eigenvalue weighted by atomic mass is 10.1. The van der Waals surface area contributed by atoms with Crippen molar-refractivity contribution in [1.29, 1.82) is 0 Å². The first-order valence-electron chi connectivity index (χ1n) is 7.47. The van der Waals surface area contributed by atoms with Gasteiger partial charge >= 0.3 is 0 Å². The Morgan fingerprint density at radius 2 is 2.04 bits per heavy atom. The zero-order chi connectivity index (χ0) is 16.2. The van der Waals surface area contributed by atoms with Crippen LogP contribution in [0.3, 0.4) is 0 Å². The number of thiazole rings is 1. The highest BCUT2D eigenvalue weighted by molar-refractivity contribution is 8.01. The van der Waals surface area contributed by atoms with E-state index in [1.807, 2.05) is 50.2 Å². The van der Waals surface area contributed by atoms with Gasteiger partial charge in [0.15, 0.2) is 4.34 Å². The second kappa shape index (κ2) is 7.15. The molecule has 0 aliphatic rings. The summed E-state index contributed by atoms with van der Waals surface area (Å²) in [6.07, 6.45) is 0.480. The van der Waals surface area contributed by atoms with Crippen molar-refractivity contribution in [2.24, 2.45) is 0 Å². The first-order valence-corrected chi connectivity index (χ1v) is 9.27. The van der Waals surface area contributed by atoms with Crippen molar-refractivity contribution in [1.82, 2.24) is 4.98 Å². The molecule has 0 saturated carbocycles. The molecular formula is C18H18N2OS2. The van der Waals surface area contributed by atoms with Crippen LogP contribution in [0.25, 0.3) is 10.2 Å². The summed E-state index contributed by atoms with van der Waals surface area (Å²) >= 11 is 3.32. The van der Waals surface area contributed by atoms with Crippen molar-refractivity contribution in [2.45, 2.75) is 24.6 Å². The molecule has 118 valence electrons. The van der Waals surface area contributed by atoms with Crippen LogP contribution < -0.4 is 5.32 Å². The van der Waals surface area contributed by atoms with Crippen molar-refractivity contribution >= 4 is 44.9 Å². The van der Waals surface area contributed by atoms with Crippen LogP contribution in [0, 0.1) is 13.8 Å². The highest BCUT2D eigenvalue weighted by Crippen LogP contribution is 2.29. The van der Waals surface area contributed by atoms with E-state index in [-0.39, 0.29) is 5.91 Å². The predicted molar refractivity (Wildman–Crippen MR) is 99.5 cm³/mol. The molecule has 1 heterocycles. The summed E-state index contributed by atoms with van der Waals surface area (Å²) in [6, 6.07) is 14.2. The van der Waals surface area contributed by atoms with Gasteiger partial charge in [0.25, 0.3) is 0 Å². The molecule has 3 nitrogen and oxygen atoms in total. The van der Waals surface area contributed by atoms with Gasteiger partial charge in [0.1, 0.15) is 0 Å². The minimum absolute atomic E-state index is 0.0484. The number of hydrogen-bond donors (Lipinski definition) is 1. The number of aryl methyl sites for hydroxylation is 2. The summed E-state index contributed by atoms with van der Waals surface area (Å²) in [5.74, 6) is 0.781. The molecule has 1 aromatic heterocycles. The molecule has 23 heavy (non-hydrogen) atoms. The Kier molecular flexibility index (Phi) is 4.98. The molecule has 0 saturated heterocycles.